The van der Waals surface area contributed by atoms with E-state index in [1.54, 1.807) is 0 Å². The van der Waals surface area contributed by atoms with Crippen molar-refractivity contribution in [1.82, 2.24) is 10.6 Å². The van der Waals surface area contributed by atoms with Crippen molar-refractivity contribution < 1.29 is 14.3 Å². The fourth-order valence-corrected chi connectivity index (χ4v) is 6.42. The molecule has 6 rings (SSSR count). The van der Waals surface area contributed by atoms with Crippen LogP contribution in [0, 0.1) is 23.7 Å². The van der Waals surface area contributed by atoms with Crippen molar-refractivity contribution in [2.24, 2.45) is 23.7 Å². The van der Waals surface area contributed by atoms with Gasteiger partial charge in [-0.05, 0) is 74.8 Å². The first-order valence-corrected chi connectivity index (χ1v) is 11.1. The van der Waals surface area contributed by atoms with Gasteiger partial charge in [-0.25, -0.2) is 0 Å². The largest absolute Gasteiger partial charge is 0.490 e. The smallest absolute Gasteiger partial charge is 0.237 e. The molecule has 0 spiro atoms. The zero-order chi connectivity index (χ0) is 19.1. The highest BCUT2D eigenvalue weighted by Gasteiger charge is 2.49. The van der Waals surface area contributed by atoms with Crippen molar-refractivity contribution in [3.05, 3.63) is 24.3 Å². The fraction of sp³-hybridized carbons (Fsp3) is 0.696. The summed E-state index contributed by atoms with van der Waals surface area (Å²) in [6, 6.07) is 8.02. The molecule has 4 bridgehead atoms. The van der Waals surface area contributed by atoms with Crippen LogP contribution in [0.4, 0.5) is 0 Å². The van der Waals surface area contributed by atoms with Crippen LogP contribution in [-0.4, -0.2) is 37.2 Å². The molecule has 5 nitrogen and oxygen atoms in total. The van der Waals surface area contributed by atoms with E-state index in [9.17, 15) is 4.79 Å². The lowest BCUT2D eigenvalue weighted by Gasteiger charge is -2.54. The Hall–Kier alpha value is -1.75. The summed E-state index contributed by atoms with van der Waals surface area (Å²) < 4.78 is 11.8. The molecule has 4 aliphatic carbocycles. The maximum absolute atomic E-state index is 13.0. The van der Waals surface area contributed by atoms with Crippen LogP contribution >= 0.6 is 0 Å². The molecule has 1 aromatic rings. The molecular weight excluding hydrogens is 352 g/mol. The lowest BCUT2D eigenvalue weighted by Crippen LogP contribution is -2.58. The fourth-order valence-electron chi connectivity index (χ4n) is 6.42. The molecular formula is C23H32N2O3. The zero-order valence-electron chi connectivity index (χ0n) is 16.7. The van der Waals surface area contributed by atoms with Gasteiger partial charge in [0.2, 0.25) is 5.91 Å². The summed E-state index contributed by atoms with van der Waals surface area (Å²) in [5.41, 5.74) is 0. The van der Waals surface area contributed by atoms with Gasteiger partial charge in [0.05, 0.1) is 12.6 Å². The summed E-state index contributed by atoms with van der Waals surface area (Å²) in [6.07, 6.45) is 7.47. The van der Waals surface area contributed by atoms with Gasteiger partial charge < -0.3 is 20.1 Å². The van der Waals surface area contributed by atoms with Gasteiger partial charge in [-0.2, -0.15) is 0 Å². The third kappa shape index (κ3) is 3.49. The Kier molecular flexibility index (Phi) is 4.95. The van der Waals surface area contributed by atoms with E-state index >= 15 is 0 Å². The maximum Gasteiger partial charge on any atom is 0.237 e. The molecule has 1 aromatic carbocycles. The molecule has 2 N–H and O–H groups in total. The minimum Gasteiger partial charge on any atom is -0.490 e. The van der Waals surface area contributed by atoms with E-state index in [-0.39, 0.29) is 18.1 Å². The van der Waals surface area contributed by atoms with Crippen LogP contribution in [-0.2, 0) is 4.79 Å². The van der Waals surface area contributed by atoms with Gasteiger partial charge in [-0.15, -0.1) is 0 Å². The zero-order valence-corrected chi connectivity index (χ0v) is 16.7. The van der Waals surface area contributed by atoms with Gasteiger partial charge in [0.15, 0.2) is 11.5 Å². The second-order valence-electron chi connectivity index (χ2n) is 9.28. The van der Waals surface area contributed by atoms with Crippen molar-refractivity contribution in [2.75, 3.05) is 13.2 Å². The number of carbonyl (C=O) groups is 1. The van der Waals surface area contributed by atoms with Crippen LogP contribution in [0.2, 0.25) is 0 Å². The van der Waals surface area contributed by atoms with Gasteiger partial charge in [0.25, 0.3) is 0 Å². The molecule has 4 saturated carbocycles. The number of hydrogen-bond acceptors (Lipinski definition) is 4. The van der Waals surface area contributed by atoms with E-state index in [1.165, 1.54) is 32.1 Å². The monoisotopic (exact) mass is 384 g/mol. The normalized spacial score (nSPS) is 38.4. The van der Waals surface area contributed by atoms with Crippen LogP contribution in [0.15, 0.2) is 24.3 Å². The lowest BCUT2D eigenvalue weighted by atomic mass is 9.54. The van der Waals surface area contributed by atoms with E-state index in [4.69, 9.17) is 9.47 Å². The first kappa shape index (κ1) is 18.3. The number of rotatable bonds is 6. The maximum atomic E-state index is 13.0. The van der Waals surface area contributed by atoms with Crippen LogP contribution in [0.1, 0.15) is 45.4 Å². The molecule has 0 radical (unpaired) electrons. The third-order valence-corrected chi connectivity index (χ3v) is 7.39. The minimum atomic E-state index is -0.151. The summed E-state index contributed by atoms with van der Waals surface area (Å²) in [5, 5.41) is 6.81. The first-order valence-electron chi connectivity index (χ1n) is 11.1. The highest BCUT2D eigenvalue weighted by Crippen LogP contribution is 2.53. The number of amides is 1. The molecule has 2 atom stereocenters. The third-order valence-electron chi connectivity index (χ3n) is 7.39. The number of hydrogen-bond donors (Lipinski definition) is 2. The topological polar surface area (TPSA) is 59.6 Å². The Bertz CT molecular complexity index is 694. The number of carbonyl (C=O) groups excluding carboxylic acids is 1. The van der Waals surface area contributed by atoms with Crippen LogP contribution in [0.5, 0.6) is 11.5 Å². The molecule has 1 heterocycles. The SMILES string of the molecule is CCOc1ccccc1O[C@@H]1CN[C@H](C(=O)NC2C3CC4CC(C3)CC2C4)C1. The predicted octanol–water partition coefficient (Wildman–Crippen LogP) is 3.14. The van der Waals surface area contributed by atoms with E-state index in [0.29, 0.717) is 37.5 Å². The van der Waals surface area contributed by atoms with Crippen LogP contribution < -0.4 is 20.1 Å². The average molecular weight is 385 g/mol. The number of nitrogens with one attached hydrogen (secondary N) is 2. The Morgan fingerprint density at radius 1 is 1.04 bits per heavy atom. The van der Waals surface area contributed by atoms with Gasteiger partial charge in [0.1, 0.15) is 6.10 Å². The highest BCUT2D eigenvalue weighted by molar-refractivity contribution is 5.82. The molecule has 0 unspecified atom stereocenters. The van der Waals surface area contributed by atoms with Crippen molar-refractivity contribution in [3.63, 3.8) is 0 Å². The van der Waals surface area contributed by atoms with Crippen molar-refractivity contribution in [2.45, 2.75) is 63.6 Å². The molecule has 5 heteroatoms. The lowest BCUT2D eigenvalue weighted by molar-refractivity contribution is -0.126. The van der Waals surface area contributed by atoms with E-state index in [1.807, 2.05) is 31.2 Å². The van der Waals surface area contributed by atoms with Crippen molar-refractivity contribution in [3.8, 4) is 11.5 Å². The molecule has 1 saturated heterocycles. The predicted molar refractivity (Wildman–Crippen MR) is 107 cm³/mol. The number of benzene rings is 1. The molecule has 0 aromatic heterocycles. The minimum absolute atomic E-state index is 0.00384. The highest BCUT2D eigenvalue weighted by atomic mass is 16.5. The molecule has 1 aliphatic heterocycles. The summed E-state index contributed by atoms with van der Waals surface area (Å²) in [5.74, 6) is 5.00. The number of ether oxygens (including phenoxy) is 2. The van der Waals surface area contributed by atoms with E-state index in [2.05, 4.69) is 10.6 Å². The van der Waals surface area contributed by atoms with Crippen LogP contribution in [0.3, 0.4) is 0 Å². The Morgan fingerprint density at radius 3 is 2.39 bits per heavy atom. The van der Waals surface area contributed by atoms with Gasteiger partial charge in [0, 0.05) is 19.0 Å². The summed E-state index contributed by atoms with van der Waals surface area (Å²) in [6.45, 7) is 3.28. The van der Waals surface area contributed by atoms with Crippen molar-refractivity contribution in [1.29, 1.82) is 0 Å². The quantitative estimate of drug-likeness (QED) is 0.791. The summed E-state index contributed by atoms with van der Waals surface area (Å²) in [7, 11) is 0. The molecule has 5 aliphatic rings. The second kappa shape index (κ2) is 7.58. The first-order chi connectivity index (χ1) is 13.7. The summed E-state index contributed by atoms with van der Waals surface area (Å²) >= 11 is 0. The Morgan fingerprint density at radius 2 is 1.71 bits per heavy atom. The number of para-hydroxylation sites is 2. The van der Waals surface area contributed by atoms with Gasteiger partial charge in [-0.3, -0.25) is 4.79 Å². The Labute approximate surface area is 167 Å². The molecule has 5 fully saturated rings. The van der Waals surface area contributed by atoms with Gasteiger partial charge >= 0.3 is 0 Å². The van der Waals surface area contributed by atoms with Gasteiger partial charge in [-0.1, -0.05) is 12.1 Å². The van der Waals surface area contributed by atoms with Crippen LogP contribution in [0.25, 0.3) is 0 Å². The second-order valence-corrected chi connectivity index (χ2v) is 9.28. The van der Waals surface area contributed by atoms with Crippen molar-refractivity contribution >= 4 is 5.91 Å². The average Bonchev–Trinajstić information content (AvgIpc) is 3.14. The van der Waals surface area contributed by atoms with E-state index in [0.717, 1.165) is 23.3 Å². The standard InChI is InChI=1S/C23H32N2O3/c1-2-27-20-5-3-4-6-21(20)28-18-12-19(24-13-18)23(26)25-22-16-8-14-7-15(10-16)11-17(22)9-14/h3-6,14-19,22,24H,2,7-13H2,1H3,(H,25,26)/t14?,15?,16?,17?,18-,19-,22?/m0/s1. The Balaban J connectivity index is 1.17. The molecule has 28 heavy (non-hydrogen) atoms. The molecule has 152 valence electrons. The molecule has 1 amide bonds. The van der Waals surface area contributed by atoms with E-state index < -0.39 is 0 Å². The summed E-state index contributed by atoms with van der Waals surface area (Å²) in [4.78, 5) is 13.0.